The third kappa shape index (κ3) is 3.47. The Morgan fingerprint density at radius 2 is 2.28 bits per heavy atom. The van der Waals surface area contributed by atoms with Gasteiger partial charge in [-0.3, -0.25) is 14.9 Å². The lowest BCUT2D eigenvalue weighted by molar-refractivity contribution is -0.385. The average molecular weight is 267 g/mol. The number of amides is 1. The monoisotopic (exact) mass is 266 g/mol. The molecule has 0 bridgehead atoms. The predicted octanol–water partition coefficient (Wildman–Crippen LogP) is 2.39. The first-order valence-corrected chi connectivity index (χ1v) is 5.56. The fourth-order valence-corrected chi connectivity index (χ4v) is 1.59. The van der Waals surface area contributed by atoms with Gasteiger partial charge in [0.2, 0.25) is 0 Å². The van der Waals surface area contributed by atoms with Crippen LogP contribution in [0, 0.1) is 22.0 Å². The largest absolute Gasteiger partial charge is 0.351 e. The molecule has 5 nitrogen and oxygen atoms in total. The van der Waals surface area contributed by atoms with Crippen molar-refractivity contribution >= 4 is 23.2 Å². The summed E-state index contributed by atoms with van der Waals surface area (Å²) < 4.78 is 0. The van der Waals surface area contributed by atoms with Crippen LogP contribution < -0.4 is 5.32 Å². The number of nitrogens with one attached hydrogen (secondary N) is 1. The van der Waals surface area contributed by atoms with Gasteiger partial charge in [0, 0.05) is 13.0 Å². The third-order valence-corrected chi connectivity index (χ3v) is 2.43. The van der Waals surface area contributed by atoms with E-state index in [0.29, 0.717) is 13.0 Å². The van der Waals surface area contributed by atoms with E-state index < -0.39 is 10.8 Å². The van der Waals surface area contributed by atoms with E-state index in [2.05, 4.69) is 17.2 Å². The van der Waals surface area contributed by atoms with E-state index in [0.717, 1.165) is 0 Å². The van der Waals surface area contributed by atoms with Crippen LogP contribution in [0.1, 0.15) is 23.7 Å². The molecule has 1 N–H and O–H groups in total. The van der Waals surface area contributed by atoms with Gasteiger partial charge >= 0.3 is 5.69 Å². The normalized spacial score (nSPS) is 9.22. The summed E-state index contributed by atoms with van der Waals surface area (Å²) in [6.07, 6.45) is 0.497. The van der Waals surface area contributed by atoms with Crippen molar-refractivity contribution in [3.05, 3.63) is 38.9 Å². The van der Waals surface area contributed by atoms with Gasteiger partial charge in [0.25, 0.3) is 5.91 Å². The van der Waals surface area contributed by atoms with Gasteiger partial charge in [-0.1, -0.05) is 17.7 Å². The number of halogens is 1. The standard InChI is InChI=1S/C12H11ClN2O3/c1-2-3-4-8-14-12(16)9-6-5-7-10(13)11(9)15(17)18/h5-7H,4,8H2,1H3,(H,14,16). The SMILES string of the molecule is CC#CCCNC(=O)c1cccc(Cl)c1[N+](=O)[O-]. The Balaban J connectivity index is 2.88. The van der Waals surface area contributed by atoms with E-state index in [4.69, 9.17) is 11.6 Å². The lowest BCUT2D eigenvalue weighted by Crippen LogP contribution is -2.25. The Bertz CT molecular complexity index is 532. The molecular formula is C12H11ClN2O3. The Kier molecular flexibility index (Phi) is 5.15. The number of nitro groups is 1. The average Bonchev–Trinajstić information content (AvgIpc) is 2.33. The maximum Gasteiger partial charge on any atom is 0.300 e. The zero-order valence-electron chi connectivity index (χ0n) is 9.70. The molecule has 0 heterocycles. The van der Waals surface area contributed by atoms with E-state index >= 15 is 0 Å². The second-order valence-corrected chi connectivity index (χ2v) is 3.73. The van der Waals surface area contributed by atoms with Crippen molar-refractivity contribution in [2.45, 2.75) is 13.3 Å². The minimum Gasteiger partial charge on any atom is -0.351 e. The molecular weight excluding hydrogens is 256 g/mol. The van der Waals surface area contributed by atoms with Crippen molar-refractivity contribution in [1.29, 1.82) is 0 Å². The molecule has 1 aromatic carbocycles. The maximum atomic E-state index is 11.8. The van der Waals surface area contributed by atoms with Gasteiger partial charge in [-0.05, 0) is 19.1 Å². The first-order valence-electron chi connectivity index (χ1n) is 5.18. The highest BCUT2D eigenvalue weighted by Crippen LogP contribution is 2.27. The summed E-state index contributed by atoms with van der Waals surface area (Å²) in [4.78, 5) is 21.9. The minimum absolute atomic E-state index is 0.0445. The van der Waals surface area contributed by atoms with Gasteiger partial charge in [-0.15, -0.1) is 11.8 Å². The van der Waals surface area contributed by atoms with Gasteiger partial charge < -0.3 is 5.32 Å². The van der Waals surface area contributed by atoms with Crippen LogP contribution in [0.3, 0.4) is 0 Å². The smallest absolute Gasteiger partial charge is 0.300 e. The summed E-state index contributed by atoms with van der Waals surface area (Å²) in [7, 11) is 0. The van der Waals surface area contributed by atoms with Crippen LogP contribution in [-0.4, -0.2) is 17.4 Å². The topological polar surface area (TPSA) is 72.2 Å². The molecule has 0 aliphatic carbocycles. The number of rotatable bonds is 4. The number of nitrogens with zero attached hydrogens (tertiary/aromatic N) is 1. The Morgan fingerprint density at radius 1 is 1.56 bits per heavy atom. The molecule has 6 heteroatoms. The fraction of sp³-hybridized carbons (Fsp3) is 0.250. The van der Waals surface area contributed by atoms with Crippen molar-refractivity contribution in [1.82, 2.24) is 5.32 Å². The molecule has 0 spiro atoms. The van der Waals surface area contributed by atoms with E-state index in [1.807, 2.05) is 0 Å². The summed E-state index contributed by atoms with van der Waals surface area (Å²) in [5.41, 5.74) is -0.421. The van der Waals surface area contributed by atoms with Crippen LogP contribution in [-0.2, 0) is 0 Å². The van der Waals surface area contributed by atoms with Gasteiger partial charge in [-0.2, -0.15) is 0 Å². The van der Waals surface area contributed by atoms with Crippen LogP contribution in [0.5, 0.6) is 0 Å². The fourth-order valence-electron chi connectivity index (χ4n) is 1.34. The molecule has 0 fully saturated rings. The molecule has 0 aliphatic heterocycles. The quantitative estimate of drug-likeness (QED) is 0.394. The molecule has 0 aromatic heterocycles. The van der Waals surface area contributed by atoms with Crippen LogP contribution >= 0.6 is 11.6 Å². The lowest BCUT2D eigenvalue weighted by Gasteiger charge is -2.04. The molecule has 0 unspecified atom stereocenters. The summed E-state index contributed by atoms with van der Waals surface area (Å²) >= 11 is 5.71. The number of nitro benzene ring substituents is 1. The Labute approximate surface area is 109 Å². The van der Waals surface area contributed by atoms with E-state index in [-0.39, 0.29) is 16.3 Å². The highest BCUT2D eigenvalue weighted by molar-refractivity contribution is 6.33. The Hall–Kier alpha value is -2.06. The van der Waals surface area contributed by atoms with Gasteiger partial charge in [0.05, 0.1) is 4.92 Å². The van der Waals surface area contributed by atoms with Crippen LogP contribution in [0.4, 0.5) is 5.69 Å². The maximum absolute atomic E-state index is 11.8. The van der Waals surface area contributed by atoms with Crippen LogP contribution in [0.2, 0.25) is 5.02 Å². The number of carbonyl (C=O) groups excluding carboxylic acids is 1. The molecule has 18 heavy (non-hydrogen) atoms. The van der Waals surface area contributed by atoms with Crippen molar-refractivity contribution in [3.8, 4) is 11.8 Å². The summed E-state index contributed by atoms with van der Waals surface area (Å²) in [5, 5.41) is 13.3. The predicted molar refractivity (Wildman–Crippen MR) is 68.5 cm³/mol. The van der Waals surface area contributed by atoms with Crippen molar-refractivity contribution in [2.75, 3.05) is 6.54 Å². The molecule has 94 valence electrons. The van der Waals surface area contributed by atoms with Crippen LogP contribution in [0.15, 0.2) is 18.2 Å². The number of benzene rings is 1. The number of para-hydroxylation sites is 1. The van der Waals surface area contributed by atoms with E-state index in [1.165, 1.54) is 18.2 Å². The lowest BCUT2D eigenvalue weighted by atomic mass is 10.1. The summed E-state index contributed by atoms with van der Waals surface area (Å²) in [6, 6.07) is 4.24. The molecule has 1 rings (SSSR count). The summed E-state index contributed by atoms with van der Waals surface area (Å²) in [6.45, 7) is 2.03. The molecule has 0 aliphatic rings. The van der Waals surface area contributed by atoms with Gasteiger partial charge in [0.1, 0.15) is 10.6 Å². The van der Waals surface area contributed by atoms with Crippen molar-refractivity contribution in [2.24, 2.45) is 0 Å². The second kappa shape index (κ2) is 6.62. The molecule has 0 saturated carbocycles. The molecule has 0 saturated heterocycles. The van der Waals surface area contributed by atoms with E-state index in [9.17, 15) is 14.9 Å². The number of carbonyl (C=O) groups is 1. The summed E-state index contributed by atoms with van der Waals surface area (Å²) in [5.74, 6) is 4.94. The molecule has 1 aromatic rings. The molecule has 0 radical (unpaired) electrons. The van der Waals surface area contributed by atoms with E-state index in [1.54, 1.807) is 6.92 Å². The minimum atomic E-state index is -0.664. The third-order valence-electron chi connectivity index (χ3n) is 2.13. The highest BCUT2D eigenvalue weighted by Gasteiger charge is 2.22. The first-order chi connectivity index (χ1) is 8.57. The highest BCUT2D eigenvalue weighted by atomic mass is 35.5. The van der Waals surface area contributed by atoms with Gasteiger partial charge in [-0.25, -0.2) is 0 Å². The first kappa shape index (κ1) is 14.0. The zero-order valence-corrected chi connectivity index (χ0v) is 10.5. The van der Waals surface area contributed by atoms with Crippen molar-refractivity contribution < 1.29 is 9.72 Å². The number of hydrogen-bond acceptors (Lipinski definition) is 3. The Morgan fingerprint density at radius 3 is 2.89 bits per heavy atom. The molecule has 1 amide bonds. The zero-order chi connectivity index (χ0) is 13.5. The second-order valence-electron chi connectivity index (χ2n) is 3.33. The van der Waals surface area contributed by atoms with Gasteiger partial charge in [0.15, 0.2) is 0 Å². The number of hydrogen-bond donors (Lipinski definition) is 1. The van der Waals surface area contributed by atoms with Crippen molar-refractivity contribution in [3.63, 3.8) is 0 Å². The van der Waals surface area contributed by atoms with Crippen LogP contribution in [0.25, 0.3) is 0 Å². The molecule has 0 atom stereocenters.